The third kappa shape index (κ3) is 5.69. The molecule has 11 nitrogen and oxygen atoms in total. The van der Waals surface area contributed by atoms with Gasteiger partial charge < -0.3 is 9.88 Å². The summed E-state index contributed by atoms with van der Waals surface area (Å²) in [5, 5.41) is 13.8. The van der Waals surface area contributed by atoms with Crippen molar-refractivity contribution in [2.75, 3.05) is 24.7 Å². The second kappa shape index (κ2) is 9.66. The molecule has 0 spiro atoms. The number of nitro benzene ring substituents is 1. The Balaban J connectivity index is 1.67. The largest absolute Gasteiger partial charge is 0.420 e. The van der Waals surface area contributed by atoms with E-state index >= 15 is 0 Å². The Morgan fingerprint density at radius 3 is 2.43 bits per heavy atom. The molecule has 37 heavy (non-hydrogen) atoms. The number of benzene rings is 1. The Morgan fingerprint density at radius 2 is 1.86 bits per heavy atom. The van der Waals surface area contributed by atoms with Gasteiger partial charge in [-0.1, -0.05) is 0 Å². The van der Waals surface area contributed by atoms with E-state index in [1.807, 2.05) is 0 Å². The minimum atomic E-state index is -4.81. The van der Waals surface area contributed by atoms with Crippen molar-refractivity contribution in [1.29, 1.82) is 0 Å². The van der Waals surface area contributed by atoms with Crippen molar-refractivity contribution < 1.29 is 30.9 Å². The molecule has 4 rings (SSSR count). The quantitative estimate of drug-likeness (QED) is 0.283. The maximum Gasteiger partial charge on any atom is 0.420 e. The van der Waals surface area contributed by atoms with Crippen LogP contribution in [-0.2, 0) is 16.2 Å². The van der Waals surface area contributed by atoms with Crippen LogP contribution in [0.5, 0.6) is 0 Å². The smallest absolute Gasteiger partial charge is 0.351 e. The van der Waals surface area contributed by atoms with Gasteiger partial charge in [-0.05, 0) is 25.8 Å². The van der Waals surface area contributed by atoms with Gasteiger partial charge >= 0.3 is 6.18 Å². The molecule has 1 aromatic carbocycles. The first-order valence-corrected chi connectivity index (χ1v) is 12.8. The first-order chi connectivity index (χ1) is 17.2. The zero-order valence-corrected chi connectivity index (χ0v) is 20.3. The molecule has 1 N–H and O–H groups in total. The molecule has 3 aromatic rings. The van der Waals surface area contributed by atoms with Crippen LogP contribution >= 0.6 is 0 Å². The third-order valence-electron chi connectivity index (χ3n) is 5.88. The molecule has 3 heterocycles. The molecule has 16 heteroatoms. The molecule has 1 aliphatic heterocycles. The monoisotopic (exact) mass is 543 g/mol. The summed E-state index contributed by atoms with van der Waals surface area (Å²) >= 11 is 0. The number of sulfonamides is 1. The number of hydrogen-bond acceptors (Lipinski definition) is 8. The van der Waals surface area contributed by atoms with Crippen molar-refractivity contribution in [3.63, 3.8) is 0 Å². The van der Waals surface area contributed by atoms with Crippen molar-refractivity contribution >= 4 is 21.7 Å². The van der Waals surface area contributed by atoms with Gasteiger partial charge in [0.15, 0.2) is 5.82 Å². The van der Waals surface area contributed by atoms with Crippen LogP contribution in [0.1, 0.15) is 24.2 Å². The molecule has 1 saturated heterocycles. The second-order valence-electron chi connectivity index (χ2n) is 8.47. The van der Waals surface area contributed by atoms with Crippen LogP contribution in [0.2, 0.25) is 0 Å². The Labute approximate surface area is 208 Å². The normalized spacial score (nSPS) is 15.6. The van der Waals surface area contributed by atoms with Gasteiger partial charge in [-0.25, -0.2) is 32.1 Å². The number of non-ortho nitro benzene ring substituents is 1. The Morgan fingerprint density at radius 1 is 1.19 bits per heavy atom. The summed E-state index contributed by atoms with van der Waals surface area (Å²) in [5.41, 5.74) is -2.52. The number of alkyl halides is 3. The summed E-state index contributed by atoms with van der Waals surface area (Å²) in [4.78, 5) is 22.1. The number of aromatic nitrogens is 4. The topological polar surface area (TPSA) is 136 Å². The number of nitro groups is 1. The van der Waals surface area contributed by atoms with Gasteiger partial charge in [-0.3, -0.25) is 10.1 Å². The predicted octanol–water partition coefficient (Wildman–Crippen LogP) is 3.54. The zero-order valence-electron chi connectivity index (χ0n) is 19.5. The Kier molecular flexibility index (Phi) is 6.89. The van der Waals surface area contributed by atoms with Gasteiger partial charge in [-0.2, -0.15) is 13.2 Å². The van der Waals surface area contributed by atoms with Crippen molar-refractivity contribution in [3.05, 3.63) is 57.9 Å². The van der Waals surface area contributed by atoms with E-state index in [-0.39, 0.29) is 42.3 Å². The van der Waals surface area contributed by atoms with Gasteiger partial charge in [0.05, 0.1) is 22.9 Å². The maximum absolute atomic E-state index is 14.6. The number of anilines is 1. The number of piperidine rings is 1. The second-order valence-corrected chi connectivity index (χ2v) is 10.5. The van der Waals surface area contributed by atoms with Crippen molar-refractivity contribution in [2.24, 2.45) is 0 Å². The lowest BCUT2D eigenvalue weighted by atomic mass is 10.1. The summed E-state index contributed by atoms with van der Waals surface area (Å²) in [6.07, 6.45) is -1.12. The van der Waals surface area contributed by atoms with E-state index in [2.05, 4.69) is 20.3 Å². The number of rotatable bonds is 6. The number of imidazole rings is 1. The van der Waals surface area contributed by atoms with Crippen LogP contribution in [0.15, 0.2) is 30.6 Å². The van der Waals surface area contributed by atoms with Crippen LogP contribution in [0.4, 0.5) is 29.2 Å². The molecule has 0 saturated carbocycles. The van der Waals surface area contributed by atoms with Gasteiger partial charge in [0, 0.05) is 37.6 Å². The van der Waals surface area contributed by atoms with Crippen molar-refractivity contribution in [1.82, 2.24) is 23.8 Å². The van der Waals surface area contributed by atoms with Gasteiger partial charge in [0.25, 0.3) is 5.69 Å². The van der Waals surface area contributed by atoms with Crippen molar-refractivity contribution in [3.8, 4) is 17.1 Å². The third-order valence-corrected chi connectivity index (χ3v) is 7.18. The van der Waals surface area contributed by atoms with E-state index in [0.29, 0.717) is 25.1 Å². The number of aryl methyl sites for hydroxylation is 1. The summed E-state index contributed by atoms with van der Waals surface area (Å²) in [6.45, 7) is 1.93. The molecule has 2 aromatic heterocycles. The molecule has 1 fully saturated rings. The van der Waals surface area contributed by atoms with E-state index in [1.165, 1.54) is 15.8 Å². The predicted molar refractivity (Wildman–Crippen MR) is 124 cm³/mol. The first kappa shape index (κ1) is 26.4. The standard InChI is InChI=1S/C21H21F4N7O4S/c1-12-27-17(11-31(12)18-4-3-14(32(33)34)9-16(18)22)19-15(21(23,24)25)10-26-20(29-19)28-13-5-7-30(8-6-13)37(2,35)36/h3-4,9-11,13H,5-8H2,1-2H3,(H,26,28,29). The molecule has 0 amide bonds. The number of nitrogens with zero attached hydrogens (tertiary/aromatic N) is 6. The van der Waals surface area contributed by atoms with Crippen LogP contribution < -0.4 is 5.32 Å². The highest BCUT2D eigenvalue weighted by Gasteiger charge is 2.36. The molecule has 0 aliphatic carbocycles. The lowest BCUT2D eigenvalue weighted by Gasteiger charge is -2.30. The number of nitrogens with one attached hydrogen (secondary N) is 1. The zero-order chi connectivity index (χ0) is 27.1. The molecule has 198 valence electrons. The molecule has 0 bridgehead atoms. The van der Waals surface area contributed by atoms with Gasteiger partial charge in [0.2, 0.25) is 16.0 Å². The van der Waals surface area contributed by atoms with Gasteiger partial charge in [-0.15, -0.1) is 0 Å². The summed E-state index contributed by atoms with van der Waals surface area (Å²) in [7, 11) is -3.34. The van der Waals surface area contributed by atoms with E-state index in [9.17, 15) is 36.1 Å². The Hall–Kier alpha value is -3.66. The first-order valence-electron chi connectivity index (χ1n) is 10.9. The van der Waals surface area contributed by atoms with Crippen LogP contribution in [0, 0.1) is 22.9 Å². The average Bonchev–Trinajstić information content (AvgIpc) is 3.19. The van der Waals surface area contributed by atoms with E-state index < -0.39 is 43.9 Å². The highest BCUT2D eigenvalue weighted by molar-refractivity contribution is 7.88. The fraction of sp³-hybridized carbons (Fsp3) is 0.381. The molecule has 0 atom stereocenters. The highest BCUT2D eigenvalue weighted by atomic mass is 32.2. The maximum atomic E-state index is 14.6. The molecule has 1 aliphatic rings. The molecular formula is C21H21F4N7O4S. The minimum absolute atomic E-state index is 0.102. The summed E-state index contributed by atoms with van der Waals surface area (Å²) in [5.74, 6) is -0.936. The van der Waals surface area contributed by atoms with Gasteiger partial charge in [0.1, 0.15) is 22.8 Å². The average molecular weight is 544 g/mol. The van der Waals surface area contributed by atoms with Crippen LogP contribution in [0.3, 0.4) is 0 Å². The number of halogens is 4. The molecule has 0 radical (unpaired) electrons. The SMILES string of the molecule is Cc1nc(-c2nc(NC3CCN(S(C)(=O)=O)CC3)ncc2C(F)(F)F)cn1-c1ccc([N+](=O)[O-])cc1F. The molecular weight excluding hydrogens is 522 g/mol. The lowest BCUT2D eigenvalue weighted by Crippen LogP contribution is -2.42. The fourth-order valence-corrected chi connectivity index (χ4v) is 4.88. The lowest BCUT2D eigenvalue weighted by molar-refractivity contribution is -0.385. The summed E-state index contributed by atoms with van der Waals surface area (Å²) in [6, 6.07) is 2.64. The van der Waals surface area contributed by atoms with E-state index in [1.54, 1.807) is 0 Å². The van der Waals surface area contributed by atoms with Crippen LogP contribution in [-0.4, -0.2) is 62.6 Å². The van der Waals surface area contributed by atoms with Crippen molar-refractivity contribution in [2.45, 2.75) is 32.0 Å². The summed E-state index contributed by atoms with van der Waals surface area (Å²) < 4.78 is 81.8. The Bertz CT molecular complexity index is 1450. The fourth-order valence-electron chi connectivity index (χ4n) is 4.00. The molecule has 0 unspecified atom stereocenters. The highest BCUT2D eigenvalue weighted by Crippen LogP contribution is 2.36. The van der Waals surface area contributed by atoms with E-state index in [4.69, 9.17) is 0 Å². The minimum Gasteiger partial charge on any atom is -0.351 e. The number of hydrogen-bond donors (Lipinski definition) is 1. The van der Waals surface area contributed by atoms with E-state index in [0.717, 1.165) is 24.6 Å². The van der Waals surface area contributed by atoms with Crippen LogP contribution in [0.25, 0.3) is 17.1 Å².